The molecule has 0 fully saturated rings. The average molecular weight is 416 g/mol. The molecule has 8 nitrogen and oxygen atoms in total. The lowest BCUT2D eigenvalue weighted by Gasteiger charge is -2.04. The Kier molecular flexibility index (Phi) is 5.67. The van der Waals surface area contributed by atoms with E-state index in [1.165, 1.54) is 19.6 Å². The summed E-state index contributed by atoms with van der Waals surface area (Å²) in [5.74, 6) is 1.46. The summed E-state index contributed by atoms with van der Waals surface area (Å²) in [7, 11) is 1.30. The number of methoxy groups -OCH3 is 1. The summed E-state index contributed by atoms with van der Waals surface area (Å²) in [5.41, 5.74) is 1.45. The number of esters is 1. The molecule has 0 saturated heterocycles. The van der Waals surface area contributed by atoms with Crippen LogP contribution in [0.1, 0.15) is 11.1 Å². The normalized spacial score (nSPS) is 10.8. The van der Waals surface area contributed by atoms with Gasteiger partial charge in [0.25, 0.3) is 0 Å². The average Bonchev–Trinajstić information content (AvgIpc) is 3.56. The van der Waals surface area contributed by atoms with Crippen molar-refractivity contribution in [3.8, 4) is 34.7 Å². The molecule has 0 saturated carbocycles. The van der Waals surface area contributed by atoms with Gasteiger partial charge in [0.1, 0.15) is 23.1 Å². The van der Waals surface area contributed by atoms with Gasteiger partial charge in [0.15, 0.2) is 18.1 Å². The third-order valence-electron chi connectivity index (χ3n) is 4.31. The number of hydrogen-bond acceptors (Lipinski definition) is 8. The van der Waals surface area contributed by atoms with Crippen molar-refractivity contribution < 1.29 is 27.5 Å². The molecule has 31 heavy (non-hydrogen) atoms. The molecule has 0 spiro atoms. The summed E-state index contributed by atoms with van der Waals surface area (Å²) in [5, 5.41) is 9.76. The molecule has 3 heterocycles. The molecule has 8 heteroatoms. The van der Waals surface area contributed by atoms with E-state index in [1.807, 2.05) is 0 Å². The SMILES string of the molecule is COC(=O)COc1ccc(C=Nc2oc(-c3ccco3)c(-c3ccco3)c2C#N)cc1. The minimum atomic E-state index is -0.466. The highest BCUT2D eigenvalue weighted by Crippen LogP contribution is 2.42. The van der Waals surface area contributed by atoms with Gasteiger partial charge in [0.05, 0.1) is 25.2 Å². The molecule has 0 unspecified atom stereocenters. The van der Waals surface area contributed by atoms with Crippen molar-refractivity contribution in [3.05, 3.63) is 72.2 Å². The van der Waals surface area contributed by atoms with Gasteiger partial charge in [-0.25, -0.2) is 9.79 Å². The van der Waals surface area contributed by atoms with Crippen LogP contribution in [0, 0.1) is 11.3 Å². The number of hydrogen-bond donors (Lipinski definition) is 0. The number of benzene rings is 1. The zero-order chi connectivity index (χ0) is 21.6. The summed E-state index contributed by atoms with van der Waals surface area (Å²) in [4.78, 5) is 15.5. The lowest BCUT2D eigenvalue weighted by atomic mass is 10.1. The second-order valence-corrected chi connectivity index (χ2v) is 6.24. The fraction of sp³-hybridized carbons (Fsp3) is 0.0870. The van der Waals surface area contributed by atoms with Gasteiger partial charge in [-0.2, -0.15) is 5.26 Å². The van der Waals surface area contributed by atoms with E-state index in [2.05, 4.69) is 15.8 Å². The molecule has 0 radical (unpaired) electrons. The molecule has 3 aromatic heterocycles. The molecule has 154 valence electrons. The van der Waals surface area contributed by atoms with E-state index in [1.54, 1.807) is 54.7 Å². The van der Waals surface area contributed by atoms with Gasteiger partial charge >= 0.3 is 5.97 Å². The monoisotopic (exact) mass is 416 g/mol. The Morgan fingerprint density at radius 1 is 1.10 bits per heavy atom. The third kappa shape index (κ3) is 4.26. The Hall–Kier alpha value is -4.51. The number of aliphatic imine (C=N–C) groups is 1. The largest absolute Gasteiger partial charge is 0.482 e. The van der Waals surface area contributed by atoms with Crippen molar-refractivity contribution >= 4 is 18.1 Å². The van der Waals surface area contributed by atoms with Crippen molar-refractivity contribution in [2.24, 2.45) is 4.99 Å². The van der Waals surface area contributed by atoms with E-state index in [0.29, 0.717) is 28.6 Å². The number of carbonyl (C=O) groups excluding carboxylic acids is 1. The molecule has 0 aliphatic rings. The summed E-state index contributed by atoms with van der Waals surface area (Å²) in [6, 6.07) is 16.0. The number of nitrogens with zero attached hydrogens (tertiary/aromatic N) is 2. The van der Waals surface area contributed by atoms with Gasteiger partial charge in [0, 0.05) is 6.21 Å². The van der Waals surface area contributed by atoms with E-state index < -0.39 is 5.97 Å². The van der Waals surface area contributed by atoms with E-state index >= 15 is 0 Å². The molecular formula is C23H16N2O6. The zero-order valence-electron chi connectivity index (χ0n) is 16.4. The molecule has 0 atom stereocenters. The van der Waals surface area contributed by atoms with Gasteiger partial charge in [-0.3, -0.25) is 0 Å². The van der Waals surface area contributed by atoms with E-state index in [4.69, 9.17) is 18.0 Å². The maximum atomic E-state index is 11.2. The topological polar surface area (TPSA) is 111 Å². The van der Waals surface area contributed by atoms with Crippen molar-refractivity contribution in [3.63, 3.8) is 0 Å². The molecule has 0 bridgehead atoms. The first-order chi connectivity index (χ1) is 15.2. The van der Waals surface area contributed by atoms with Gasteiger partial charge in [-0.05, 0) is 54.1 Å². The molecule has 0 aliphatic heterocycles. The first-order valence-electron chi connectivity index (χ1n) is 9.18. The second-order valence-electron chi connectivity index (χ2n) is 6.24. The van der Waals surface area contributed by atoms with Crippen LogP contribution in [0.3, 0.4) is 0 Å². The number of nitriles is 1. The summed E-state index contributed by atoms with van der Waals surface area (Å²) < 4.78 is 26.7. The number of rotatable bonds is 7. The first kappa shape index (κ1) is 19.8. The molecule has 0 aliphatic carbocycles. The Labute approximate surface area is 176 Å². The Morgan fingerprint density at radius 3 is 2.42 bits per heavy atom. The van der Waals surface area contributed by atoms with Crippen molar-refractivity contribution in [2.45, 2.75) is 0 Å². The number of carbonyl (C=O) groups is 1. The predicted octanol–water partition coefficient (Wildman–Crippen LogP) is 4.97. The minimum Gasteiger partial charge on any atom is -0.482 e. The summed E-state index contributed by atoms with van der Waals surface area (Å²) >= 11 is 0. The molecule has 4 rings (SSSR count). The highest BCUT2D eigenvalue weighted by molar-refractivity contribution is 5.87. The second kappa shape index (κ2) is 8.88. The highest BCUT2D eigenvalue weighted by Gasteiger charge is 2.25. The van der Waals surface area contributed by atoms with Crippen LogP contribution in [-0.4, -0.2) is 25.9 Å². The van der Waals surface area contributed by atoms with Gasteiger partial charge < -0.3 is 22.7 Å². The quantitative estimate of drug-likeness (QED) is 0.309. The van der Waals surface area contributed by atoms with E-state index in [-0.39, 0.29) is 18.1 Å². The Morgan fingerprint density at radius 2 is 1.81 bits per heavy atom. The maximum Gasteiger partial charge on any atom is 0.343 e. The van der Waals surface area contributed by atoms with E-state index in [0.717, 1.165) is 5.56 Å². The number of ether oxygens (including phenoxy) is 2. The van der Waals surface area contributed by atoms with Crippen molar-refractivity contribution in [1.29, 1.82) is 5.26 Å². The van der Waals surface area contributed by atoms with Gasteiger partial charge in [-0.15, -0.1) is 0 Å². The van der Waals surface area contributed by atoms with Crippen LogP contribution in [0.15, 0.2) is 79.3 Å². The zero-order valence-corrected chi connectivity index (χ0v) is 16.4. The van der Waals surface area contributed by atoms with Crippen molar-refractivity contribution in [1.82, 2.24) is 0 Å². The first-order valence-corrected chi connectivity index (χ1v) is 9.18. The van der Waals surface area contributed by atoms with Crippen LogP contribution in [0.5, 0.6) is 5.75 Å². The standard InChI is InChI=1S/C23H16N2O6/c1-27-20(26)14-30-16-8-6-15(7-9-16)13-25-23-17(12-24)21(18-4-2-10-28-18)22(31-23)19-5-3-11-29-19/h2-11,13H,14H2,1H3. The fourth-order valence-corrected chi connectivity index (χ4v) is 2.84. The van der Waals surface area contributed by atoms with Crippen LogP contribution in [0.25, 0.3) is 22.8 Å². The molecule has 4 aromatic rings. The fourth-order valence-electron chi connectivity index (χ4n) is 2.84. The maximum absolute atomic E-state index is 11.2. The van der Waals surface area contributed by atoms with Crippen LogP contribution in [0.4, 0.5) is 5.88 Å². The third-order valence-corrected chi connectivity index (χ3v) is 4.31. The lowest BCUT2D eigenvalue weighted by molar-refractivity contribution is -0.142. The predicted molar refractivity (Wildman–Crippen MR) is 110 cm³/mol. The summed E-state index contributed by atoms with van der Waals surface area (Å²) in [6.45, 7) is -0.174. The lowest BCUT2D eigenvalue weighted by Crippen LogP contribution is -2.12. The van der Waals surface area contributed by atoms with Gasteiger partial charge in [-0.1, -0.05) is 0 Å². The minimum absolute atomic E-state index is 0.131. The Balaban J connectivity index is 1.63. The summed E-state index contributed by atoms with van der Waals surface area (Å²) in [6.07, 6.45) is 4.59. The van der Waals surface area contributed by atoms with E-state index in [9.17, 15) is 10.1 Å². The molecule has 0 N–H and O–H groups in total. The van der Waals surface area contributed by atoms with Gasteiger partial charge in [0.2, 0.25) is 5.88 Å². The van der Waals surface area contributed by atoms with Crippen LogP contribution in [0.2, 0.25) is 0 Å². The Bertz CT molecular complexity index is 1230. The number of furan rings is 3. The van der Waals surface area contributed by atoms with Crippen LogP contribution in [-0.2, 0) is 9.53 Å². The molecular weight excluding hydrogens is 400 g/mol. The van der Waals surface area contributed by atoms with Crippen molar-refractivity contribution in [2.75, 3.05) is 13.7 Å². The van der Waals surface area contributed by atoms with Crippen LogP contribution < -0.4 is 4.74 Å². The molecule has 1 aromatic carbocycles. The molecule has 0 amide bonds. The highest BCUT2D eigenvalue weighted by atomic mass is 16.6. The van der Waals surface area contributed by atoms with Crippen LogP contribution >= 0.6 is 0 Å². The smallest absolute Gasteiger partial charge is 0.343 e.